The van der Waals surface area contributed by atoms with E-state index in [1.54, 1.807) is 12.1 Å². The van der Waals surface area contributed by atoms with Gasteiger partial charge < -0.3 is 15.4 Å². The lowest BCUT2D eigenvalue weighted by Gasteiger charge is -2.25. The first-order valence-electron chi connectivity index (χ1n) is 11.8. The van der Waals surface area contributed by atoms with Crippen LogP contribution in [0.15, 0.2) is 60.0 Å². The lowest BCUT2D eigenvalue weighted by Crippen LogP contribution is -2.47. The van der Waals surface area contributed by atoms with Gasteiger partial charge in [0.15, 0.2) is 5.13 Å². The third-order valence-electron chi connectivity index (χ3n) is 6.03. The Balaban J connectivity index is 1.19. The summed E-state index contributed by atoms with van der Waals surface area (Å²) in [7, 11) is 0. The quantitative estimate of drug-likeness (QED) is 0.465. The second kappa shape index (κ2) is 10.7. The highest BCUT2D eigenvalue weighted by molar-refractivity contribution is 8.00. The lowest BCUT2D eigenvalue weighted by molar-refractivity contribution is -0.120. The van der Waals surface area contributed by atoms with Crippen LogP contribution in [0, 0.1) is 0 Å². The van der Waals surface area contributed by atoms with Gasteiger partial charge in [-0.05, 0) is 37.5 Å². The maximum Gasteiger partial charge on any atom is 0.411 e. The van der Waals surface area contributed by atoms with Gasteiger partial charge in [0.2, 0.25) is 5.91 Å². The van der Waals surface area contributed by atoms with Crippen LogP contribution in [0.2, 0.25) is 0 Å². The van der Waals surface area contributed by atoms with Gasteiger partial charge in [-0.2, -0.15) is 0 Å². The Kier molecular flexibility index (Phi) is 7.24. The first kappa shape index (κ1) is 24.3. The summed E-state index contributed by atoms with van der Waals surface area (Å²) in [6.07, 6.45) is 1.58. The molecule has 1 saturated carbocycles. The van der Waals surface area contributed by atoms with E-state index >= 15 is 0 Å². The van der Waals surface area contributed by atoms with E-state index in [1.807, 2.05) is 54.8 Å². The summed E-state index contributed by atoms with van der Waals surface area (Å²) in [5.41, 5.74) is 3.06. The van der Waals surface area contributed by atoms with Crippen molar-refractivity contribution in [2.45, 2.75) is 43.8 Å². The van der Waals surface area contributed by atoms with Gasteiger partial charge >= 0.3 is 6.09 Å². The SMILES string of the molecule is CC1SCC(C(=O)Nc2nc(-c3ccc(C(=O)NC4CC4)cc3)cs2)N1C(=O)OCc1ccccc1. The number of anilines is 1. The average molecular weight is 523 g/mol. The third-order valence-corrected chi connectivity index (χ3v) is 8.01. The van der Waals surface area contributed by atoms with Crippen molar-refractivity contribution in [1.82, 2.24) is 15.2 Å². The van der Waals surface area contributed by atoms with Gasteiger partial charge in [0.05, 0.1) is 11.1 Å². The zero-order valence-electron chi connectivity index (χ0n) is 19.7. The average Bonchev–Trinajstić information content (AvgIpc) is 3.43. The largest absolute Gasteiger partial charge is 0.445 e. The molecule has 2 fully saturated rings. The van der Waals surface area contributed by atoms with Crippen LogP contribution in [-0.2, 0) is 16.1 Å². The van der Waals surface area contributed by atoms with Crippen molar-refractivity contribution in [1.29, 1.82) is 0 Å². The lowest BCUT2D eigenvalue weighted by atomic mass is 10.1. The first-order chi connectivity index (χ1) is 17.5. The summed E-state index contributed by atoms with van der Waals surface area (Å²) < 4.78 is 5.48. The molecule has 10 heteroatoms. The Hall–Kier alpha value is -3.37. The number of thioether (sulfide) groups is 1. The number of hydrogen-bond acceptors (Lipinski definition) is 7. The van der Waals surface area contributed by atoms with Gasteiger partial charge in [-0.3, -0.25) is 14.5 Å². The standard InChI is InChI=1S/C26H26N4O4S2/c1-16-30(26(33)34-13-17-5-3-2-4-6-17)22(15-35-16)24(32)29-25-28-21(14-36-25)18-7-9-19(10-8-18)23(31)27-20-11-12-20/h2-10,14,16,20,22H,11-13,15H2,1H3,(H,27,31)(H,28,29,32). The van der Waals surface area contributed by atoms with Crippen molar-refractivity contribution < 1.29 is 19.1 Å². The molecule has 0 radical (unpaired) electrons. The van der Waals surface area contributed by atoms with Gasteiger partial charge in [0.1, 0.15) is 12.6 Å². The molecule has 1 aromatic heterocycles. The van der Waals surface area contributed by atoms with Crippen LogP contribution in [0.5, 0.6) is 0 Å². The number of amides is 3. The third kappa shape index (κ3) is 5.71. The number of thiazole rings is 1. The first-order valence-corrected chi connectivity index (χ1v) is 13.7. The summed E-state index contributed by atoms with van der Waals surface area (Å²) in [5, 5.41) is 7.96. The summed E-state index contributed by atoms with van der Waals surface area (Å²) in [6, 6.07) is 16.4. The molecule has 0 spiro atoms. The van der Waals surface area contributed by atoms with Gasteiger partial charge in [0, 0.05) is 28.3 Å². The molecule has 2 unspecified atom stereocenters. The zero-order chi connectivity index (χ0) is 25.1. The monoisotopic (exact) mass is 522 g/mol. The zero-order valence-corrected chi connectivity index (χ0v) is 21.3. The number of ether oxygens (including phenoxy) is 1. The van der Waals surface area contributed by atoms with Crippen molar-refractivity contribution in [3.05, 3.63) is 71.1 Å². The highest BCUT2D eigenvalue weighted by Crippen LogP contribution is 2.31. The Labute approximate surface area is 217 Å². The molecule has 2 heterocycles. The van der Waals surface area contributed by atoms with Crippen LogP contribution in [0.1, 0.15) is 35.7 Å². The molecule has 3 amide bonds. The molecule has 36 heavy (non-hydrogen) atoms. The van der Waals surface area contributed by atoms with E-state index in [9.17, 15) is 14.4 Å². The molecule has 1 aliphatic heterocycles. The number of nitrogens with zero attached hydrogens (tertiary/aromatic N) is 2. The summed E-state index contributed by atoms with van der Waals surface area (Å²) in [6.45, 7) is 2.04. The van der Waals surface area contributed by atoms with E-state index in [2.05, 4.69) is 15.6 Å². The second-order valence-corrected chi connectivity index (χ2v) is 11.0. The van der Waals surface area contributed by atoms with Crippen LogP contribution in [0.3, 0.4) is 0 Å². The van der Waals surface area contributed by atoms with Crippen LogP contribution in [0.4, 0.5) is 9.93 Å². The number of carbonyl (C=O) groups excluding carboxylic acids is 3. The van der Waals surface area contributed by atoms with Crippen molar-refractivity contribution in [3.8, 4) is 11.3 Å². The molecule has 2 N–H and O–H groups in total. The number of nitrogens with one attached hydrogen (secondary N) is 2. The minimum absolute atomic E-state index is 0.0641. The van der Waals surface area contributed by atoms with E-state index < -0.39 is 12.1 Å². The second-order valence-electron chi connectivity index (χ2n) is 8.75. The molecule has 5 rings (SSSR count). The van der Waals surface area contributed by atoms with Crippen molar-refractivity contribution >= 4 is 46.1 Å². The Morgan fingerprint density at radius 2 is 1.83 bits per heavy atom. The fraction of sp³-hybridized carbons (Fsp3) is 0.308. The number of benzene rings is 2. The van der Waals surface area contributed by atoms with Gasteiger partial charge in [-0.25, -0.2) is 9.78 Å². The Morgan fingerprint density at radius 1 is 1.08 bits per heavy atom. The van der Waals surface area contributed by atoms with Crippen LogP contribution >= 0.6 is 23.1 Å². The molecule has 2 atom stereocenters. The fourth-order valence-electron chi connectivity index (χ4n) is 3.86. The van der Waals surface area contributed by atoms with Crippen molar-refractivity contribution in [2.75, 3.05) is 11.1 Å². The van der Waals surface area contributed by atoms with E-state index in [1.165, 1.54) is 28.0 Å². The number of hydrogen-bond donors (Lipinski definition) is 2. The molecular formula is C26H26N4O4S2. The molecular weight excluding hydrogens is 496 g/mol. The van der Waals surface area contributed by atoms with E-state index in [0.717, 1.165) is 24.0 Å². The maximum atomic E-state index is 13.1. The summed E-state index contributed by atoms with van der Waals surface area (Å²) in [4.78, 5) is 44.1. The molecule has 1 aliphatic carbocycles. The minimum atomic E-state index is -0.648. The number of rotatable bonds is 7. The Morgan fingerprint density at radius 3 is 2.56 bits per heavy atom. The molecule has 186 valence electrons. The minimum Gasteiger partial charge on any atom is -0.445 e. The maximum absolute atomic E-state index is 13.1. The van der Waals surface area contributed by atoms with Gasteiger partial charge in [0.25, 0.3) is 5.91 Å². The highest BCUT2D eigenvalue weighted by atomic mass is 32.2. The molecule has 1 saturated heterocycles. The molecule has 2 aliphatic rings. The molecule has 8 nitrogen and oxygen atoms in total. The van der Waals surface area contributed by atoms with Gasteiger partial charge in [-0.15, -0.1) is 23.1 Å². The number of aromatic nitrogens is 1. The number of carbonyl (C=O) groups is 3. The summed E-state index contributed by atoms with van der Waals surface area (Å²) in [5.74, 6) is 0.123. The van der Waals surface area contributed by atoms with E-state index in [-0.39, 0.29) is 23.8 Å². The molecule has 0 bridgehead atoms. The van der Waals surface area contributed by atoms with Crippen molar-refractivity contribution in [3.63, 3.8) is 0 Å². The van der Waals surface area contributed by atoms with Gasteiger partial charge in [-0.1, -0.05) is 42.5 Å². The smallest absolute Gasteiger partial charge is 0.411 e. The highest BCUT2D eigenvalue weighted by Gasteiger charge is 2.40. The Bertz CT molecular complexity index is 1240. The predicted molar refractivity (Wildman–Crippen MR) is 141 cm³/mol. The fourth-order valence-corrected chi connectivity index (χ4v) is 5.75. The predicted octanol–water partition coefficient (Wildman–Crippen LogP) is 4.74. The topological polar surface area (TPSA) is 101 Å². The van der Waals surface area contributed by atoms with Crippen LogP contribution in [-0.4, -0.2) is 51.0 Å². The molecule has 3 aromatic rings. The van der Waals surface area contributed by atoms with E-state index in [4.69, 9.17) is 4.74 Å². The van der Waals surface area contributed by atoms with Crippen molar-refractivity contribution in [2.24, 2.45) is 0 Å². The van der Waals surface area contributed by atoms with E-state index in [0.29, 0.717) is 28.2 Å². The molecule has 2 aromatic carbocycles. The normalized spacial score (nSPS) is 19.1. The van der Waals surface area contributed by atoms with Crippen LogP contribution < -0.4 is 10.6 Å². The summed E-state index contributed by atoms with van der Waals surface area (Å²) >= 11 is 2.84. The van der Waals surface area contributed by atoms with Crippen LogP contribution in [0.25, 0.3) is 11.3 Å².